The highest BCUT2D eigenvalue weighted by molar-refractivity contribution is 7.94. The molecular formula is C14H21N7O8S3. The van der Waals surface area contributed by atoms with Crippen LogP contribution in [0.25, 0.3) is 0 Å². The molecule has 0 spiro atoms. The van der Waals surface area contributed by atoms with Crippen molar-refractivity contribution < 1.29 is 35.0 Å². The molecule has 0 saturated heterocycles. The van der Waals surface area contributed by atoms with Crippen molar-refractivity contribution in [3.8, 4) is 0 Å². The molecule has 0 amide bonds. The van der Waals surface area contributed by atoms with Gasteiger partial charge in [0.25, 0.3) is 20.2 Å². The fourth-order valence-electron chi connectivity index (χ4n) is 1.98. The van der Waals surface area contributed by atoms with Gasteiger partial charge in [0.1, 0.15) is 0 Å². The Balaban J connectivity index is 2.15. The van der Waals surface area contributed by atoms with Gasteiger partial charge in [0.05, 0.1) is 36.1 Å². The molecule has 0 unspecified atom stereocenters. The van der Waals surface area contributed by atoms with Crippen LogP contribution in [0.1, 0.15) is 0 Å². The zero-order valence-electron chi connectivity index (χ0n) is 16.5. The Morgan fingerprint density at radius 1 is 1.09 bits per heavy atom. The van der Waals surface area contributed by atoms with E-state index in [1.54, 1.807) is 0 Å². The first kappa shape index (κ1) is 26.1. The molecule has 0 aliphatic rings. The largest absolute Gasteiger partial charge is 0.370 e. The SMILES string of the molecule is COCNCNOSc1nc(NCCS(=O)(=O)O)nc(Nc2cccc(S(=O)(=O)O)c2)n1. The molecule has 1 heterocycles. The summed E-state index contributed by atoms with van der Waals surface area (Å²) in [4.78, 5) is 11.9. The minimum Gasteiger partial charge on any atom is -0.370 e. The Hall–Kier alpha value is -2.16. The molecule has 0 atom stereocenters. The van der Waals surface area contributed by atoms with E-state index in [9.17, 15) is 21.4 Å². The van der Waals surface area contributed by atoms with E-state index in [0.29, 0.717) is 6.73 Å². The number of methoxy groups -OCH3 is 1. The molecule has 0 aliphatic carbocycles. The summed E-state index contributed by atoms with van der Waals surface area (Å²) in [5.74, 6) is -0.657. The van der Waals surface area contributed by atoms with Crippen LogP contribution in [0, 0.1) is 0 Å². The van der Waals surface area contributed by atoms with Crippen molar-refractivity contribution in [1.29, 1.82) is 0 Å². The number of anilines is 3. The summed E-state index contributed by atoms with van der Waals surface area (Å²) in [7, 11) is -7.09. The Morgan fingerprint density at radius 2 is 1.84 bits per heavy atom. The number of hydrogen-bond donors (Lipinski definition) is 6. The van der Waals surface area contributed by atoms with Crippen molar-refractivity contribution in [3.63, 3.8) is 0 Å². The molecule has 0 radical (unpaired) electrons. The zero-order chi connectivity index (χ0) is 23.6. The van der Waals surface area contributed by atoms with Gasteiger partial charge in [0.2, 0.25) is 17.1 Å². The lowest BCUT2D eigenvalue weighted by molar-refractivity contribution is 0.148. The molecule has 18 heteroatoms. The van der Waals surface area contributed by atoms with E-state index in [2.05, 4.69) is 36.4 Å². The Bertz CT molecular complexity index is 1100. The van der Waals surface area contributed by atoms with Gasteiger partial charge < -0.3 is 15.4 Å². The van der Waals surface area contributed by atoms with Crippen LogP contribution in [0.15, 0.2) is 34.3 Å². The lowest BCUT2D eigenvalue weighted by Gasteiger charge is -2.10. The van der Waals surface area contributed by atoms with Crippen molar-refractivity contribution in [2.45, 2.75) is 10.1 Å². The summed E-state index contributed by atoms with van der Waals surface area (Å²) in [6, 6.07) is 5.27. The van der Waals surface area contributed by atoms with Crippen LogP contribution in [-0.2, 0) is 29.3 Å². The summed E-state index contributed by atoms with van der Waals surface area (Å²) in [6.45, 7) is 0.356. The molecular weight excluding hydrogens is 490 g/mol. The van der Waals surface area contributed by atoms with Crippen molar-refractivity contribution >= 4 is 49.9 Å². The van der Waals surface area contributed by atoms with Gasteiger partial charge in [-0.2, -0.15) is 37.3 Å². The predicted molar refractivity (Wildman–Crippen MR) is 114 cm³/mol. The maximum absolute atomic E-state index is 11.3. The zero-order valence-corrected chi connectivity index (χ0v) is 19.0. The summed E-state index contributed by atoms with van der Waals surface area (Å²) in [5, 5.41) is 8.28. The lowest BCUT2D eigenvalue weighted by atomic mass is 10.3. The van der Waals surface area contributed by atoms with E-state index < -0.39 is 26.0 Å². The molecule has 2 rings (SSSR count). The summed E-state index contributed by atoms with van der Waals surface area (Å²) in [6.07, 6.45) is 0. The third kappa shape index (κ3) is 9.97. The second-order valence-electron chi connectivity index (χ2n) is 5.78. The molecule has 0 aliphatic heterocycles. The van der Waals surface area contributed by atoms with Gasteiger partial charge in [-0.05, 0) is 18.2 Å². The first-order valence-corrected chi connectivity index (χ1v) is 12.4. The van der Waals surface area contributed by atoms with Gasteiger partial charge in [0.15, 0.2) is 0 Å². The van der Waals surface area contributed by atoms with Crippen LogP contribution < -0.4 is 21.4 Å². The van der Waals surface area contributed by atoms with Crippen molar-refractivity contribution in [2.24, 2.45) is 0 Å². The van der Waals surface area contributed by atoms with Gasteiger partial charge in [-0.15, -0.1) is 0 Å². The molecule has 0 saturated carbocycles. The molecule has 0 bridgehead atoms. The normalized spacial score (nSPS) is 12.0. The van der Waals surface area contributed by atoms with E-state index in [0.717, 1.165) is 18.1 Å². The summed E-state index contributed by atoms with van der Waals surface area (Å²) >= 11 is 0.726. The van der Waals surface area contributed by atoms with Crippen molar-refractivity contribution in [3.05, 3.63) is 24.3 Å². The van der Waals surface area contributed by atoms with E-state index >= 15 is 0 Å². The van der Waals surface area contributed by atoms with Gasteiger partial charge >= 0.3 is 0 Å². The second-order valence-corrected chi connectivity index (χ2v) is 9.47. The highest BCUT2D eigenvalue weighted by Crippen LogP contribution is 2.21. The fraction of sp³-hybridized carbons (Fsp3) is 0.357. The molecule has 1 aromatic carbocycles. The van der Waals surface area contributed by atoms with E-state index in [4.69, 9.17) is 13.6 Å². The van der Waals surface area contributed by atoms with Crippen molar-refractivity contribution in [2.75, 3.05) is 43.4 Å². The van der Waals surface area contributed by atoms with Crippen LogP contribution in [0.3, 0.4) is 0 Å². The molecule has 6 N–H and O–H groups in total. The van der Waals surface area contributed by atoms with Gasteiger partial charge in [0, 0.05) is 19.3 Å². The average Bonchev–Trinajstić information content (AvgIpc) is 2.69. The van der Waals surface area contributed by atoms with Crippen LogP contribution in [0.4, 0.5) is 17.6 Å². The van der Waals surface area contributed by atoms with E-state index in [1.807, 2.05) is 0 Å². The topological polar surface area (TPSA) is 214 Å². The second kappa shape index (κ2) is 12.2. The average molecular weight is 512 g/mol. The van der Waals surface area contributed by atoms with Gasteiger partial charge in [-0.1, -0.05) is 6.07 Å². The number of nitrogens with zero attached hydrogens (tertiary/aromatic N) is 3. The Labute approximate surface area is 188 Å². The third-order valence-electron chi connectivity index (χ3n) is 3.26. The lowest BCUT2D eigenvalue weighted by Crippen LogP contribution is -2.28. The highest BCUT2D eigenvalue weighted by Gasteiger charge is 2.13. The first-order chi connectivity index (χ1) is 15.1. The number of aromatic nitrogens is 3. The van der Waals surface area contributed by atoms with Crippen molar-refractivity contribution in [1.82, 2.24) is 25.7 Å². The number of nitrogens with one attached hydrogen (secondary N) is 4. The first-order valence-electron chi connectivity index (χ1n) is 8.62. The Kier molecular flexibility index (Phi) is 9.93. The quantitative estimate of drug-likeness (QED) is 0.0638. The summed E-state index contributed by atoms with van der Waals surface area (Å²) in [5.41, 5.74) is 2.81. The number of rotatable bonds is 14. The fourth-order valence-corrected chi connectivity index (χ4v) is 3.31. The summed E-state index contributed by atoms with van der Waals surface area (Å²) < 4.78 is 72.4. The smallest absolute Gasteiger partial charge is 0.294 e. The number of ether oxygens (including phenoxy) is 1. The van der Waals surface area contributed by atoms with Crippen LogP contribution in [0.5, 0.6) is 0 Å². The molecule has 15 nitrogen and oxygen atoms in total. The van der Waals surface area contributed by atoms with Gasteiger partial charge in [-0.3, -0.25) is 14.4 Å². The minimum atomic E-state index is -4.41. The van der Waals surface area contributed by atoms with Crippen LogP contribution >= 0.6 is 12.0 Å². The van der Waals surface area contributed by atoms with Crippen LogP contribution in [0.2, 0.25) is 0 Å². The molecule has 32 heavy (non-hydrogen) atoms. The number of hydroxylamine groups is 1. The predicted octanol–water partition coefficient (Wildman–Crippen LogP) is -0.159. The number of benzene rings is 1. The van der Waals surface area contributed by atoms with E-state index in [-0.39, 0.29) is 40.8 Å². The van der Waals surface area contributed by atoms with E-state index in [1.165, 1.54) is 25.3 Å². The minimum absolute atomic E-state index is 0.0366. The Morgan fingerprint density at radius 3 is 2.53 bits per heavy atom. The van der Waals surface area contributed by atoms with Gasteiger partial charge in [-0.25, -0.2) is 4.28 Å². The highest BCUT2D eigenvalue weighted by atomic mass is 32.2. The number of hydrogen-bond acceptors (Lipinski definition) is 14. The molecule has 0 fully saturated rings. The molecule has 1 aromatic heterocycles. The molecule has 178 valence electrons. The van der Waals surface area contributed by atoms with Crippen LogP contribution in [-0.4, -0.2) is 73.7 Å². The third-order valence-corrected chi connectivity index (χ3v) is 5.37. The maximum Gasteiger partial charge on any atom is 0.294 e. The monoisotopic (exact) mass is 511 g/mol. The molecule has 2 aromatic rings. The maximum atomic E-state index is 11.3. The standard InChI is InChI=1S/C14H21N7O8S3/c1-28-9-15-8-17-29-30-14-20-12(16-5-6-31(22,23)24)19-13(21-14)18-10-3-2-4-11(7-10)32(25,26)27/h2-4,7,15,17H,5-6,8-9H2,1H3,(H,22,23,24)(H,25,26,27)(H2,16,18,19,20,21).